The molecule has 6 heteroatoms. The van der Waals surface area contributed by atoms with Crippen molar-refractivity contribution in [3.63, 3.8) is 0 Å². The largest absolute Gasteiger partial charge is 0.329 e. The highest BCUT2D eigenvalue weighted by atomic mass is 16.2. The number of carbonyl (C=O) groups excluding carboxylic acids is 2. The Morgan fingerprint density at radius 2 is 1.96 bits per heavy atom. The molecule has 0 bridgehead atoms. The van der Waals surface area contributed by atoms with Gasteiger partial charge in [-0.3, -0.25) is 14.7 Å². The van der Waals surface area contributed by atoms with E-state index in [-0.39, 0.29) is 11.9 Å². The average molecular weight is 348 g/mol. The molecule has 132 valence electrons. The lowest BCUT2D eigenvalue weighted by molar-refractivity contribution is -0.126. The number of likely N-dealkylation sites (N-methyl/N-ethyl adjacent to an activating group) is 1. The Hall–Kier alpha value is -3.15. The normalized spacial score (nSPS) is 19.7. The fourth-order valence-corrected chi connectivity index (χ4v) is 3.47. The van der Waals surface area contributed by atoms with Gasteiger partial charge in [0.25, 0.3) is 5.91 Å². The first kappa shape index (κ1) is 16.3. The number of benzene rings is 1. The third kappa shape index (κ3) is 2.73. The molecule has 1 aromatic heterocycles. The fraction of sp³-hybridized carbons (Fsp3) is 0.250. The van der Waals surface area contributed by atoms with Crippen molar-refractivity contribution < 1.29 is 9.59 Å². The highest BCUT2D eigenvalue weighted by Gasteiger charge is 2.42. The van der Waals surface area contributed by atoms with Crippen molar-refractivity contribution >= 4 is 11.9 Å². The monoisotopic (exact) mass is 348 g/mol. The second-order valence-electron chi connectivity index (χ2n) is 6.74. The highest BCUT2D eigenvalue weighted by molar-refractivity contribution is 6.01. The van der Waals surface area contributed by atoms with Crippen molar-refractivity contribution in [3.8, 4) is 0 Å². The van der Waals surface area contributed by atoms with Gasteiger partial charge in [0.1, 0.15) is 0 Å². The Kier molecular flexibility index (Phi) is 3.95. The summed E-state index contributed by atoms with van der Waals surface area (Å²) in [6, 6.07) is 11.1. The molecule has 4 rings (SSSR count). The van der Waals surface area contributed by atoms with E-state index in [0.29, 0.717) is 18.7 Å². The summed E-state index contributed by atoms with van der Waals surface area (Å²) < 4.78 is 0. The quantitative estimate of drug-likeness (QED) is 0.926. The molecular formula is C20H20N4O2. The Bertz CT molecular complexity index is 890. The van der Waals surface area contributed by atoms with Crippen LogP contribution in [0.5, 0.6) is 0 Å². The molecule has 0 radical (unpaired) electrons. The Balaban J connectivity index is 1.67. The third-order valence-electron chi connectivity index (χ3n) is 4.94. The van der Waals surface area contributed by atoms with Gasteiger partial charge >= 0.3 is 6.03 Å². The third-order valence-corrected chi connectivity index (χ3v) is 4.94. The molecule has 2 aromatic rings. The highest BCUT2D eigenvalue weighted by Crippen LogP contribution is 2.36. The smallest absolute Gasteiger partial charge is 0.322 e. The number of amides is 3. The molecule has 3 heterocycles. The molecule has 1 unspecified atom stereocenters. The van der Waals surface area contributed by atoms with E-state index in [0.717, 1.165) is 22.4 Å². The van der Waals surface area contributed by atoms with Crippen LogP contribution in [0.1, 0.15) is 22.7 Å². The van der Waals surface area contributed by atoms with Crippen molar-refractivity contribution in [2.24, 2.45) is 0 Å². The first-order valence-corrected chi connectivity index (χ1v) is 8.56. The first-order chi connectivity index (χ1) is 12.5. The Morgan fingerprint density at radius 3 is 2.65 bits per heavy atom. The average Bonchev–Trinajstić information content (AvgIpc) is 2.97. The van der Waals surface area contributed by atoms with Gasteiger partial charge in [-0.15, -0.1) is 0 Å². The maximum absolute atomic E-state index is 13.1. The number of nitrogens with zero attached hydrogens (tertiary/aromatic N) is 3. The van der Waals surface area contributed by atoms with Crippen molar-refractivity contribution in [2.45, 2.75) is 19.5 Å². The summed E-state index contributed by atoms with van der Waals surface area (Å²) in [5, 5.41) is 2.96. The molecule has 2 aliphatic heterocycles. The van der Waals surface area contributed by atoms with Gasteiger partial charge in [-0.1, -0.05) is 35.9 Å². The van der Waals surface area contributed by atoms with Gasteiger partial charge < -0.3 is 10.2 Å². The van der Waals surface area contributed by atoms with Gasteiger partial charge in [-0.2, -0.15) is 0 Å². The predicted octanol–water partition coefficient (Wildman–Crippen LogP) is 2.38. The van der Waals surface area contributed by atoms with Crippen LogP contribution in [0.2, 0.25) is 0 Å². The topological polar surface area (TPSA) is 65.5 Å². The van der Waals surface area contributed by atoms with Crippen LogP contribution in [0.4, 0.5) is 4.79 Å². The van der Waals surface area contributed by atoms with Crippen molar-refractivity contribution in [1.29, 1.82) is 0 Å². The molecule has 26 heavy (non-hydrogen) atoms. The summed E-state index contributed by atoms with van der Waals surface area (Å²) in [5.74, 6) is -0.0405. The maximum atomic E-state index is 13.1. The molecule has 3 amide bonds. The Labute approximate surface area is 152 Å². The van der Waals surface area contributed by atoms with Gasteiger partial charge in [0, 0.05) is 26.0 Å². The molecule has 0 aliphatic carbocycles. The minimum atomic E-state index is -0.416. The molecule has 0 spiro atoms. The molecule has 0 saturated heterocycles. The summed E-state index contributed by atoms with van der Waals surface area (Å²) in [6.45, 7) is 2.91. The van der Waals surface area contributed by atoms with E-state index in [2.05, 4.69) is 10.3 Å². The molecule has 0 fully saturated rings. The summed E-state index contributed by atoms with van der Waals surface area (Å²) in [7, 11) is 1.71. The zero-order valence-corrected chi connectivity index (χ0v) is 14.8. The van der Waals surface area contributed by atoms with Crippen molar-refractivity contribution in [1.82, 2.24) is 20.1 Å². The van der Waals surface area contributed by atoms with E-state index in [1.807, 2.05) is 43.3 Å². The van der Waals surface area contributed by atoms with Crippen LogP contribution in [-0.4, -0.2) is 40.3 Å². The van der Waals surface area contributed by atoms with Crippen LogP contribution in [-0.2, 0) is 11.3 Å². The van der Waals surface area contributed by atoms with E-state index in [9.17, 15) is 9.59 Å². The molecule has 6 nitrogen and oxygen atoms in total. The number of aryl methyl sites for hydroxylation is 1. The number of urea groups is 1. The molecule has 1 N–H and O–H groups in total. The number of nitrogens with one attached hydrogen (secondary N) is 1. The SMILES string of the molecule is Cc1ccc(C2NC(=O)N(C)C3=C2C(=O)N(Cc2cccnc2)C3)cc1. The molecular weight excluding hydrogens is 328 g/mol. The van der Waals surface area contributed by atoms with Crippen molar-refractivity contribution in [3.05, 3.63) is 76.8 Å². The van der Waals surface area contributed by atoms with Crippen molar-refractivity contribution in [2.75, 3.05) is 13.6 Å². The van der Waals surface area contributed by atoms with E-state index in [1.165, 1.54) is 0 Å². The van der Waals surface area contributed by atoms with Gasteiger partial charge in [0.15, 0.2) is 0 Å². The van der Waals surface area contributed by atoms with Crippen LogP contribution >= 0.6 is 0 Å². The van der Waals surface area contributed by atoms with Crippen LogP contribution < -0.4 is 5.32 Å². The van der Waals surface area contributed by atoms with E-state index in [4.69, 9.17) is 0 Å². The first-order valence-electron chi connectivity index (χ1n) is 8.56. The lowest BCUT2D eigenvalue weighted by atomic mass is 9.95. The second kappa shape index (κ2) is 6.29. The number of pyridine rings is 1. The zero-order chi connectivity index (χ0) is 18.3. The van der Waals surface area contributed by atoms with Gasteiger partial charge in [-0.05, 0) is 24.1 Å². The predicted molar refractivity (Wildman–Crippen MR) is 96.9 cm³/mol. The summed E-state index contributed by atoms with van der Waals surface area (Å²) >= 11 is 0. The van der Waals surface area contributed by atoms with Gasteiger partial charge in [-0.25, -0.2) is 4.79 Å². The van der Waals surface area contributed by atoms with Crippen LogP contribution in [0.15, 0.2) is 60.1 Å². The standard InChI is InChI=1S/C20H20N4O2/c1-13-5-7-15(8-6-13)18-17-16(23(2)20(26)22-18)12-24(19(17)25)11-14-4-3-9-21-10-14/h3-10,18H,11-12H2,1-2H3,(H,22,26). The second-order valence-corrected chi connectivity index (χ2v) is 6.74. The number of rotatable bonds is 3. The number of hydrogen-bond donors (Lipinski definition) is 1. The molecule has 0 saturated carbocycles. The summed E-state index contributed by atoms with van der Waals surface area (Å²) in [6.07, 6.45) is 3.47. The lowest BCUT2D eigenvalue weighted by Gasteiger charge is -2.31. The summed E-state index contributed by atoms with van der Waals surface area (Å²) in [4.78, 5) is 32.9. The zero-order valence-electron chi connectivity index (χ0n) is 14.8. The molecule has 2 aliphatic rings. The Morgan fingerprint density at radius 1 is 1.19 bits per heavy atom. The van der Waals surface area contributed by atoms with Gasteiger partial charge in [0.2, 0.25) is 0 Å². The van der Waals surface area contributed by atoms with E-state index in [1.54, 1.807) is 29.2 Å². The van der Waals surface area contributed by atoms with E-state index >= 15 is 0 Å². The minimum absolute atomic E-state index is 0.0405. The lowest BCUT2D eigenvalue weighted by Crippen LogP contribution is -2.45. The fourth-order valence-electron chi connectivity index (χ4n) is 3.47. The number of hydrogen-bond acceptors (Lipinski definition) is 3. The van der Waals surface area contributed by atoms with Gasteiger partial charge in [0.05, 0.1) is 23.9 Å². The van der Waals surface area contributed by atoms with Crippen LogP contribution in [0.25, 0.3) is 0 Å². The molecule has 1 aromatic carbocycles. The van der Waals surface area contributed by atoms with E-state index < -0.39 is 6.04 Å². The van der Waals surface area contributed by atoms with Crippen LogP contribution in [0.3, 0.4) is 0 Å². The maximum Gasteiger partial charge on any atom is 0.322 e. The minimum Gasteiger partial charge on any atom is -0.329 e. The number of aromatic nitrogens is 1. The number of carbonyl (C=O) groups is 2. The van der Waals surface area contributed by atoms with Crippen LogP contribution in [0, 0.1) is 6.92 Å². The molecule has 1 atom stereocenters. The summed E-state index contributed by atoms with van der Waals surface area (Å²) in [5.41, 5.74) is 4.45.